The van der Waals surface area contributed by atoms with E-state index in [1.54, 1.807) is 11.3 Å². The molecule has 1 heterocycles. The van der Waals surface area contributed by atoms with Gasteiger partial charge in [0.05, 0.1) is 11.7 Å². The molecule has 2 unspecified atom stereocenters. The van der Waals surface area contributed by atoms with Crippen molar-refractivity contribution in [2.75, 3.05) is 0 Å². The van der Waals surface area contributed by atoms with Crippen LogP contribution in [0.15, 0.2) is 29.6 Å². The number of nitrogens with one attached hydrogen (secondary N) is 1. The maximum Gasteiger partial charge on any atom is 0.408 e. The van der Waals surface area contributed by atoms with Crippen molar-refractivity contribution < 1.29 is 9.53 Å². The van der Waals surface area contributed by atoms with Gasteiger partial charge in [0.25, 0.3) is 0 Å². The molecule has 0 bridgehead atoms. The molecule has 1 N–H and O–H groups in total. The molecule has 0 radical (unpaired) electrons. The molecule has 0 fully saturated rings. The molecule has 0 saturated heterocycles. The molecule has 1 aromatic heterocycles. The maximum absolute atomic E-state index is 12.2. The van der Waals surface area contributed by atoms with Crippen molar-refractivity contribution in [3.8, 4) is 11.3 Å². The summed E-state index contributed by atoms with van der Waals surface area (Å²) in [6.07, 6.45) is 0.511. The van der Waals surface area contributed by atoms with Crippen LogP contribution < -0.4 is 5.32 Å². The second-order valence-electron chi connectivity index (χ2n) is 7.09. The van der Waals surface area contributed by atoms with E-state index in [2.05, 4.69) is 19.2 Å². The molecule has 0 aliphatic rings. The number of amides is 1. The van der Waals surface area contributed by atoms with E-state index in [1.165, 1.54) is 0 Å². The lowest BCUT2D eigenvalue weighted by Crippen LogP contribution is -2.37. The van der Waals surface area contributed by atoms with E-state index in [9.17, 15) is 4.79 Å². The Hall–Kier alpha value is -1.59. The summed E-state index contributed by atoms with van der Waals surface area (Å²) in [6.45, 7) is 9.76. The highest BCUT2D eigenvalue weighted by atomic mass is 35.5. The minimum Gasteiger partial charge on any atom is -0.444 e. The molecular weight excluding hydrogens is 356 g/mol. The largest absolute Gasteiger partial charge is 0.444 e. The first-order chi connectivity index (χ1) is 11.7. The molecule has 25 heavy (non-hydrogen) atoms. The van der Waals surface area contributed by atoms with E-state index in [1.807, 2.05) is 50.4 Å². The van der Waals surface area contributed by atoms with Crippen LogP contribution in [0, 0.1) is 5.92 Å². The maximum atomic E-state index is 12.2. The van der Waals surface area contributed by atoms with Crippen LogP contribution in [0.25, 0.3) is 11.3 Å². The second-order valence-corrected chi connectivity index (χ2v) is 8.41. The fourth-order valence-corrected chi connectivity index (χ4v) is 3.44. The highest BCUT2D eigenvalue weighted by molar-refractivity contribution is 7.10. The Morgan fingerprint density at radius 2 is 1.96 bits per heavy atom. The van der Waals surface area contributed by atoms with Crippen molar-refractivity contribution in [2.45, 2.75) is 52.7 Å². The van der Waals surface area contributed by atoms with Gasteiger partial charge in [-0.3, -0.25) is 0 Å². The average molecular weight is 381 g/mol. The Bertz CT molecular complexity index is 707. The molecule has 2 rings (SSSR count). The normalized spacial score (nSPS) is 14.0. The molecule has 2 aromatic rings. The minimum absolute atomic E-state index is 0.175. The van der Waals surface area contributed by atoms with Gasteiger partial charge >= 0.3 is 6.09 Å². The van der Waals surface area contributed by atoms with Crippen LogP contribution in [-0.2, 0) is 4.74 Å². The molecule has 0 spiro atoms. The molecule has 136 valence electrons. The van der Waals surface area contributed by atoms with Gasteiger partial charge in [0.15, 0.2) is 0 Å². The van der Waals surface area contributed by atoms with E-state index in [0.717, 1.165) is 22.7 Å². The molecule has 0 aliphatic heterocycles. The highest BCUT2D eigenvalue weighted by Gasteiger charge is 2.26. The predicted octanol–water partition coefficient (Wildman–Crippen LogP) is 6.08. The average Bonchev–Trinajstić information content (AvgIpc) is 3.00. The van der Waals surface area contributed by atoms with Gasteiger partial charge in [-0.1, -0.05) is 44.0 Å². The minimum atomic E-state index is -0.526. The number of rotatable bonds is 5. The van der Waals surface area contributed by atoms with Crippen LogP contribution in [0.5, 0.6) is 0 Å². The topological polar surface area (TPSA) is 51.2 Å². The Labute approximate surface area is 158 Å². The summed E-state index contributed by atoms with van der Waals surface area (Å²) in [5.74, 6) is 0.247. The number of ether oxygens (including phenoxy) is 1. The van der Waals surface area contributed by atoms with Gasteiger partial charge in [0, 0.05) is 16.0 Å². The van der Waals surface area contributed by atoms with Crippen LogP contribution in [0.2, 0.25) is 5.02 Å². The Morgan fingerprint density at radius 3 is 2.52 bits per heavy atom. The molecule has 0 saturated carbocycles. The number of carbonyl (C=O) groups is 1. The van der Waals surface area contributed by atoms with Crippen molar-refractivity contribution in [2.24, 2.45) is 5.92 Å². The third kappa shape index (κ3) is 5.72. The quantitative estimate of drug-likeness (QED) is 0.684. The van der Waals surface area contributed by atoms with E-state index in [-0.39, 0.29) is 12.0 Å². The number of hydrogen-bond acceptors (Lipinski definition) is 4. The molecule has 2 atom stereocenters. The van der Waals surface area contributed by atoms with Gasteiger partial charge in [-0.2, -0.15) is 0 Å². The molecular formula is C19H25ClN2O2S. The second kappa shape index (κ2) is 8.19. The van der Waals surface area contributed by atoms with Crippen molar-refractivity contribution in [1.82, 2.24) is 10.3 Å². The van der Waals surface area contributed by atoms with E-state index in [0.29, 0.717) is 5.02 Å². The van der Waals surface area contributed by atoms with E-state index >= 15 is 0 Å². The molecule has 6 heteroatoms. The lowest BCUT2D eigenvalue weighted by Gasteiger charge is -2.25. The zero-order valence-electron chi connectivity index (χ0n) is 15.3. The number of benzene rings is 1. The van der Waals surface area contributed by atoms with Crippen LogP contribution in [0.3, 0.4) is 0 Å². The first-order valence-electron chi connectivity index (χ1n) is 8.40. The van der Waals surface area contributed by atoms with Gasteiger partial charge in [0.1, 0.15) is 10.6 Å². The fraction of sp³-hybridized carbons (Fsp3) is 0.474. The summed E-state index contributed by atoms with van der Waals surface area (Å²) >= 11 is 7.49. The van der Waals surface area contributed by atoms with Crippen LogP contribution in [0.1, 0.15) is 52.1 Å². The zero-order chi connectivity index (χ0) is 18.6. The Kier molecular flexibility index (Phi) is 6.47. The standard InChI is InChI=1S/C19H25ClN2O2S/c1-6-12(2)16(22-18(23)24-19(3,4)5)17-21-15(11-25-17)13-7-9-14(20)10-8-13/h7-12,16H,6H2,1-5H3,(H,22,23). The number of alkyl carbamates (subject to hydrolysis) is 1. The zero-order valence-corrected chi connectivity index (χ0v) is 16.9. The predicted molar refractivity (Wildman–Crippen MR) is 104 cm³/mol. The van der Waals surface area contributed by atoms with E-state index < -0.39 is 11.7 Å². The summed E-state index contributed by atoms with van der Waals surface area (Å²) in [5.41, 5.74) is 1.37. The van der Waals surface area contributed by atoms with Crippen molar-refractivity contribution in [1.29, 1.82) is 0 Å². The van der Waals surface area contributed by atoms with Crippen molar-refractivity contribution >= 4 is 29.0 Å². The van der Waals surface area contributed by atoms with Gasteiger partial charge < -0.3 is 10.1 Å². The third-order valence-electron chi connectivity index (χ3n) is 3.81. The number of halogens is 1. The summed E-state index contributed by atoms with van der Waals surface area (Å²) in [5, 5.41) is 6.56. The van der Waals surface area contributed by atoms with Gasteiger partial charge in [-0.15, -0.1) is 11.3 Å². The number of hydrogen-bond donors (Lipinski definition) is 1. The summed E-state index contributed by atoms with van der Waals surface area (Å²) in [7, 11) is 0. The number of aromatic nitrogens is 1. The lowest BCUT2D eigenvalue weighted by atomic mass is 10.00. The van der Waals surface area contributed by atoms with Crippen molar-refractivity contribution in [3.63, 3.8) is 0 Å². The first-order valence-corrected chi connectivity index (χ1v) is 9.66. The van der Waals surface area contributed by atoms with E-state index in [4.69, 9.17) is 21.3 Å². The lowest BCUT2D eigenvalue weighted by molar-refractivity contribution is 0.0486. The van der Waals surface area contributed by atoms with Gasteiger partial charge in [0.2, 0.25) is 0 Å². The monoisotopic (exact) mass is 380 g/mol. The molecule has 0 aliphatic carbocycles. The summed E-state index contributed by atoms with van der Waals surface area (Å²) < 4.78 is 5.40. The molecule has 4 nitrogen and oxygen atoms in total. The third-order valence-corrected chi connectivity index (χ3v) is 4.99. The smallest absolute Gasteiger partial charge is 0.408 e. The van der Waals surface area contributed by atoms with Crippen molar-refractivity contribution in [3.05, 3.63) is 39.7 Å². The summed E-state index contributed by atoms with van der Waals surface area (Å²) in [6, 6.07) is 7.41. The van der Waals surface area contributed by atoms with Crippen LogP contribution >= 0.6 is 22.9 Å². The highest BCUT2D eigenvalue weighted by Crippen LogP contribution is 2.31. The Balaban J connectivity index is 2.21. The summed E-state index contributed by atoms with van der Waals surface area (Å²) in [4.78, 5) is 16.9. The van der Waals surface area contributed by atoms with Gasteiger partial charge in [-0.05, 0) is 38.8 Å². The number of carbonyl (C=O) groups excluding carboxylic acids is 1. The Morgan fingerprint density at radius 1 is 1.32 bits per heavy atom. The van der Waals surface area contributed by atoms with Gasteiger partial charge in [-0.25, -0.2) is 9.78 Å². The van der Waals surface area contributed by atoms with Crippen LogP contribution in [-0.4, -0.2) is 16.7 Å². The number of nitrogens with zero attached hydrogens (tertiary/aromatic N) is 1. The number of thiazole rings is 1. The molecule has 1 amide bonds. The van der Waals surface area contributed by atoms with Crippen LogP contribution in [0.4, 0.5) is 4.79 Å². The molecule has 1 aromatic carbocycles. The fourth-order valence-electron chi connectivity index (χ4n) is 2.30. The SMILES string of the molecule is CCC(C)C(NC(=O)OC(C)(C)C)c1nc(-c2ccc(Cl)cc2)cs1. The first kappa shape index (κ1) is 19.7.